The Morgan fingerprint density at radius 2 is 1.57 bits per heavy atom. The molecule has 0 radical (unpaired) electrons. The molecule has 0 bridgehead atoms. The van der Waals surface area contributed by atoms with Crippen molar-refractivity contribution in [2.24, 2.45) is 5.14 Å². The normalized spacial score (nSPS) is 9.14. The van der Waals surface area contributed by atoms with Gasteiger partial charge in [0.2, 0.25) is 0 Å². The Morgan fingerprint density at radius 1 is 1.57 bits per heavy atom. The maximum Gasteiger partial charge on any atom is 0.330 e. The van der Waals surface area contributed by atoms with Crippen LogP contribution in [-0.2, 0) is 10.3 Å². The van der Waals surface area contributed by atoms with Gasteiger partial charge in [-0.2, -0.15) is 8.42 Å². The van der Waals surface area contributed by atoms with Crippen LogP contribution in [-0.4, -0.2) is 13.0 Å². The van der Waals surface area contributed by atoms with Crippen molar-refractivity contribution < 1.29 is 13.0 Å². The van der Waals surface area contributed by atoms with Gasteiger partial charge >= 0.3 is 10.3 Å². The van der Waals surface area contributed by atoms with Crippen LogP contribution in [0.15, 0.2) is 0 Å². The minimum atomic E-state index is -4.17. The lowest BCUT2D eigenvalue weighted by atomic mass is 13.9. The maximum atomic E-state index is 8.97. The Morgan fingerprint density at radius 3 is 1.57 bits per heavy atom. The fourth-order valence-corrected chi connectivity index (χ4v) is 0. The van der Waals surface area contributed by atoms with E-state index in [-0.39, 0.29) is 0 Å². The average molecular weight is 212 g/mol. The van der Waals surface area contributed by atoms with E-state index in [4.69, 9.17) is 13.0 Å². The van der Waals surface area contributed by atoms with Gasteiger partial charge in [0, 0.05) is 15.0 Å². The first-order chi connectivity index (χ1) is 3.00. The molecule has 0 spiro atoms. The van der Waals surface area contributed by atoms with Crippen LogP contribution in [0.1, 0.15) is 0 Å². The molecule has 0 unspecified atom stereocenters. The molecule has 46 valence electrons. The predicted octanol–water partition coefficient (Wildman–Crippen LogP) is 0.283. The van der Waals surface area contributed by atoms with Gasteiger partial charge in [0.15, 0.2) is 0 Å². The van der Waals surface area contributed by atoms with Crippen molar-refractivity contribution in [1.29, 1.82) is 0 Å². The van der Waals surface area contributed by atoms with Crippen LogP contribution in [0.2, 0.25) is 0 Å². The molecule has 0 aliphatic rings. The topological polar surface area (TPSA) is 80.4 Å². The molecule has 0 heterocycles. The summed E-state index contributed by atoms with van der Waals surface area (Å²) < 4.78 is 25.2. The van der Waals surface area contributed by atoms with Crippen LogP contribution in [0.5, 0.6) is 0 Å². The fraction of sp³-hybridized carbons (Fsp3) is 0. The molecule has 0 aliphatic heterocycles. The van der Waals surface area contributed by atoms with Gasteiger partial charge < -0.3 is 0 Å². The van der Waals surface area contributed by atoms with Crippen LogP contribution in [0, 0.1) is 0 Å². The van der Waals surface area contributed by atoms with E-state index in [0.717, 1.165) is 0 Å². The van der Waals surface area contributed by atoms with E-state index in [0.29, 0.717) is 0 Å². The van der Waals surface area contributed by atoms with Crippen molar-refractivity contribution in [3.63, 3.8) is 0 Å². The SMILES string of the molecule is ClBr.NS(=O)(=O)O. The van der Waals surface area contributed by atoms with E-state index in [1.54, 1.807) is 0 Å². The highest BCUT2D eigenvalue weighted by atomic mass is 79.9. The molecular weight excluding hydrogens is 209 g/mol. The molecule has 0 amide bonds. The largest absolute Gasteiger partial charge is 0.330 e. The zero-order valence-electron chi connectivity index (χ0n) is 3.01. The second-order valence-corrected chi connectivity index (χ2v) is 1.54. The van der Waals surface area contributed by atoms with Crippen LogP contribution < -0.4 is 5.14 Å². The molecule has 0 aromatic rings. The first-order valence-corrected chi connectivity index (χ1v) is 4.48. The molecule has 3 N–H and O–H groups in total. The summed E-state index contributed by atoms with van der Waals surface area (Å²) in [5.74, 6) is 0. The fourth-order valence-electron chi connectivity index (χ4n) is 0. The van der Waals surface area contributed by atoms with Crippen molar-refractivity contribution in [1.82, 2.24) is 0 Å². The van der Waals surface area contributed by atoms with Gasteiger partial charge in [0.25, 0.3) is 0 Å². The number of hydrogen-bond acceptors (Lipinski definition) is 2. The van der Waals surface area contributed by atoms with Crippen molar-refractivity contribution in [2.45, 2.75) is 0 Å². The van der Waals surface area contributed by atoms with Crippen molar-refractivity contribution in [2.75, 3.05) is 0 Å². The van der Waals surface area contributed by atoms with Gasteiger partial charge in [-0.1, -0.05) is 0 Å². The maximum absolute atomic E-state index is 8.97. The Balaban J connectivity index is 0. The van der Waals surface area contributed by atoms with E-state index in [1.807, 2.05) is 0 Å². The molecular formula is H3BrClNO3S. The van der Waals surface area contributed by atoms with Crippen LogP contribution >= 0.6 is 25.1 Å². The average Bonchev–Trinajstić information content (AvgIpc) is 1.36. The lowest BCUT2D eigenvalue weighted by Crippen LogP contribution is -2.08. The number of halogens is 2. The van der Waals surface area contributed by atoms with E-state index >= 15 is 0 Å². The van der Waals surface area contributed by atoms with E-state index in [9.17, 15) is 0 Å². The third-order valence-corrected chi connectivity index (χ3v) is 0. The standard InChI is InChI=1S/BrCl.H3NO3S/c1-2;1-5(2,3)4/h;(H3,1,2,3,4). The highest BCUT2D eigenvalue weighted by molar-refractivity contribution is 9.22. The molecule has 7 heteroatoms. The van der Waals surface area contributed by atoms with Gasteiger partial charge in [-0.05, 0) is 10.1 Å². The van der Waals surface area contributed by atoms with Crippen LogP contribution in [0.4, 0.5) is 0 Å². The summed E-state index contributed by atoms with van der Waals surface area (Å²) in [5.41, 5.74) is 0. The van der Waals surface area contributed by atoms with Crippen LogP contribution in [0.3, 0.4) is 0 Å². The Kier molecular flexibility index (Phi) is 7.25. The molecule has 0 aliphatic carbocycles. The summed E-state index contributed by atoms with van der Waals surface area (Å²) in [5, 5.41) is 3.88. The second kappa shape index (κ2) is 4.79. The minimum Gasteiger partial charge on any atom is -0.274 e. The van der Waals surface area contributed by atoms with E-state index in [2.05, 4.69) is 30.3 Å². The highest BCUT2D eigenvalue weighted by Crippen LogP contribution is 1.77. The third-order valence-electron chi connectivity index (χ3n) is 0. The van der Waals surface area contributed by atoms with Gasteiger partial charge in [-0.3, -0.25) is 4.55 Å². The second-order valence-electron chi connectivity index (χ2n) is 0.515. The molecule has 0 fully saturated rings. The lowest BCUT2D eigenvalue weighted by molar-refractivity contribution is 0.485. The molecule has 0 aromatic heterocycles. The number of nitrogens with two attached hydrogens (primary N) is 1. The quantitative estimate of drug-likeness (QED) is 0.566. The van der Waals surface area contributed by atoms with Gasteiger partial charge in [-0.15, -0.1) is 0 Å². The van der Waals surface area contributed by atoms with Gasteiger partial charge in [0.05, 0.1) is 0 Å². The number of hydrogen-bond donors (Lipinski definition) is 2. The number of rotatable bonds is 0. The van der Waals surface area contributed by atoms with Crippen molar-refractivity contribution in [3.8, 4) is 0 Å². The molecule has 7 heavy (non-hydrogen) atoms. The first kappa shape index (κ1) is 10.6. The molecule has 0 saturated heterocycles. The summed E-state index contributed by atoms with van der Waals surface area (Å²) in [4.78, 5) is 0. The van der Waals surface area contributed by atoms with E-state index in [1.165, 1.54) is 0 Å². The summed E-state index contributed by atoms with van der Waals surface area (Å²) >= 11 is 2.41. The van der Waals surface area contributed by atoms with Crippen molar-refractivity contribution >= 4 is 35.4 Å². The first-order valence-electron chi connectivity index (χ1n) is 0.894. The van der Waals surface area contributed by atoms with Gasteiger partial charge in [0.1, 0.15) is 0 Å². The molecule has 0 saturated carbocycles. The summed E-state index contributed by atoms with van der Waals surface area (Å²) in [6, 6.07) is 0. The smallest absolute Gasteiger partial charge is 0.274 e. The molecule has 0 rings (SSSR count). The van der Waals surface area contributed by atoms with Gasteiger partial charge in [-0.25, -0.2) is 5.14 Å². The Labute approximate surface area is 53.9 Å². The summed E-state index contributed by atoms with van der Waals surface area (Å²) in [7, 11) is 0.285. The lowest BCUT2D eigenvalue weighted by Gasteiger charge is -1.70. The molecule has 4 nitrogen and oxygen atoms in total. The molecule has 0 atom stereocenters. The minimum absolute atomic E-state index is 2.41. The molecule has 0 aromatic carbocycles. The van der Waals surface area contributed by atoms with Crippen molar-refractivity contribution in [3.05, 3.63) is 0 Å². The van der Waals surface area contributed by atoms with Crippen LogP contribution in [0.25, 0.3) is 0 Å². The highest BCUT2D eigenvalue weighted by Gasteiger charge is 1.81. The van der Waals surface area contributed by atoms with E-state index < -0.39 is 10.3 Å². The summed E-state index contributed by atoms with van der Waals surface area (Å²) in [6.45, 7) is 0. The third kappa shape index (κ3) is 349. The summed E-state index contributed by atoms with van der Waals surface area (Å²) in [6.07, 6.45) is 0. The Hall–Kier alpha value is 0.640. The zero-order valence-corrected chi connectivity index (χ0v) is 6.16. The monoisotopic (exact) mass is 211 g/mol. The predicted molar refractivity (Wildman–Crippen MR) is 30.5 cm³/mol. The Bertz CT molecular complexity index is 98.1. The zero-order chi connectivity index (χ0) is 6.50.